The molecule has 3 heterocycles. The molecular weight excluding hydrogens is 372 g/mol. The number of hydrogen-bond donors (Lipinski definition) is 0. The molecule has 0 fully saturated rings. The molecule has 1 aromatic carbocycles. The van der Waals surface area contributed by atoms with Crippen LogP contribution < -0.4 is 0 Å². The number of nitriles is 1. The van der Waals surface area contributed by atoms with Gasteiger partial charge in [-0.1, -0.05) is 11.6 Å². The first-order chi connectivity index (χ1) is 12.7. The Bertz CT molecular complexity index is 1070. The summed E-state index contributed by atoms with van der Waals surface area (Å²) in [5, 5.41) is 19.2. The number of furan rings is 1. The highest BCUT2D eigenvalue weighted by Crippen LogP contribution is 2.31. The maximum atomic E-state index is 8.84. The highest BCUT2D eigenvalue weighted by Gasteiger charge is 2.19. The average molecular weight is 381 g/mol. The van der Waals surface area contributed by atoms with Crippen LogP contribution >= 0.6 is 23.4 Å². The molecule has 0 saturated heterocycles. The van der Waals surface area contributed by atoms with E-state index in [1.54, 1.807) is 24.5 Å². The van der Waals surface area contributed by atoms with Gasteiger partial charge < -0.3 is 4.42 Å². The van der Waals surface area contributed by atoms with Gasteiger partial charge >= 0.3 is 0 Å². The maximum Gasteiger partial charge on any atom is 0.205 e. The van der Waals surface area contributed by atoms with Gasteiger partial charge in [-0.2, -0.15) is 5.26 Å². The summed E-state index contributed by atoms with van der Waals surface area (Å²) < 4.78 is 7.32. The van der Waals surface area contributed by atoms with Crippen molar-refractivity contribution in [1.29, 1.82) is 5.26 Å². The van der Waals surface area contributed by atoms with E-state index in [1.165, 1.54) is 24.2 Å². The van der Waals surface area contributed by atoms with Crippen molar-refractivity contribution in [1.82, 2.24) is 24.7 Å². The predicted molar refractivity (Wildman–Crippen MR) is 94.9 cm³/mol. The van der Waals surface area contributed by atoms with E-state index < -0.39 is 0 Å². The number of rotatable bonds is 4. The van der Waals surface area contributed by atoms with Gasteiger partial charge in [-0.25, -0.2) is 9.97 Å². The molecular formula is C17H9ClN6OS. The third-order valence-electron chi connectivity index (χ3n) is 3.40. The lowest BCUT2D eigenvalue weighted by Crippen LogP contribution is -1.99. The fourth-order valence-corrected chi connectivity index (χ4v) is 3.13. The molecule has 0 aliphatic heterocycles. The van der Waals surface area contributed by atoms with Crippen LogP contribution in [0.25, 0.3) is 17.3 Å². The van der Waals surface area contributed by atoms with Gasteiger partial charge in [-0.3, -0.25) is 4.57 Å². The lowest BCUT2D eigenvalue weighted by atomic mass is 10.3. The number of halogens is 1. The predicted octanol–water partition coefficient (Wildman–Crippen LogP) is 3.99. The molecule has 0 amide bonds. The number of nitrogens with zero attached hydrogens (tertiary/aromatic N) is 6. The molecule has 4 rings (SSSR count). The van der Waals surface area contributed by atoms with E-state index >= 15 is 0 Å². The van der Waals surface area contributed by atoms with Gasteiger partial charge in [-0.05, 0) is 48.2 Å². The Morgan fingerprint density at radius 1 is 1.08 bits per heavy atom. The van der Waals surface area contributed by atoms with E-state index in [2.05, 4.69) is 20.2 Å². The van der Waals surface area contributed by atoms with Gasteiger partial charge in [0.1, 0.15) is 11.1 Å². The van der Waals surface area contributed by atoms with E-state index in [-0.39, 0.29) is 5.69 Å². The van der Waals surface area contributed by atoms with Crippen LogP contribution in [0.2, 0.25) is 5.02 Å². The number of aromatic nitrogens is 5. The van der Waals surface area contributed by atoms with Crippen LogP contribution in [-0.4, -0.2) is 24.7 Å². The van der Waals surface area contributed by atoms with Crippen LogP contribution in [-0.2, 0) is 0 Å². The summed E-state index contributed by atoms with van der Waals surface area (Å²) in [5.74, 6) is 1.15. The van der Waals surface area contributed by atoms with Gasteiger partial charge in [0.15, 0.2) is 11.5 Å². The summed E-state index contributed by atoms with van der Waals surface area (Å²) >= 11 is 7.28. The van der Waals surface area contributed by atoms with Crippen LogP contribution in [0, 0.1) is 11.3 Å². The second kappa shape index (κ2) is 7.00. The highest BCUT2D eigenvalue weighted by atomic mass is 35.5. The van der Waals surface area contributed by atoms with Gasteiger partial charge in [0, 0.05) is 10.7 Å². The van der Waals surface area contributed by atoms with Crippen molar-refractivity contribution < 1.29 is 4.42 Å². The van der Waals surface area contributed by atoms with Gasteiger partial charge in [0.2, 0.25) is 11.0 Å². The molecule has 0 spiro atoms. The van der Waals surface area contributed by atoms with E-state index in [9.17, 15) is 0 Å². The molecule has 7 nitrogen and oxygen atoms in total. The molecule has 0 aliphatic carbocycles. The van der Waals surface area contributed by atoms with Gasteiger partial charge in [-0.15, -0.1) is 10.2 Å². The zero-order chi connectivity index (χ0) is 17.9. The maximum absolute atomic E-state index is 8.84. The molecule has 9 heteroatoms. The van der Waals surface area contributed by atoms with Crippen molar-refractivity contribution in [2.45, 2.75) is 10.2 Å². The fraction of sp³-hybridized carbons (Fsp3) is 0. The molecule has 0 saturated carbocycles. The molecule has 0 unspecified atom stereocenters. The minimum absolute atomic E-state index is 0.254. The van der Waals surface area contributed by atoms with Crippen LogP contribution in [0.4, 0.5) is 0 Å². The molecule has 0 aliphatic rings. The van der Waals surface area contributed by atoms with Crippen molar-refractivity contribution in [2.24, 2.45) is 0 Å². The smallest absolute Gasteiger partial charge is 0.205 e. The van der Waals surface area contributed by atoms with Crippen molar-refractivity contribution in [3.05, 3.63) is 65.8 Å². The normalized spacial score (nSPS) is 10.6. The molecule has 0 radical (unpaired) electrons. The second-order valence-corrected chi connectivity index (χ2v) is 6.47. The summed E-state index contributed by atoms with van der Waals surface area (Å²) in [5.41, 5.74) is 1.08. The van der Waals surface area contributed by atoms with Crippen molar-refractivity contribution in [3.8, 4) is 23.3 Å². The summed E-state index contributed by atoms with van der Waals surface area (Å²) in [6, 6.07) is 12.9. The van der Waals surface area contributed by atoms with Gasteiger partial charge in [0.25, 0.3) is 0 Å². The van der Waals surface area contributed by atoms with Crippen molar-refractivity contribution in [2.75, 3.05) is 0 Å². The third-order valence-corrected chi connectivity index (χ3v) is 4.52. The standard InChI is InChI=1S/C17H9ClN6OS/c18-11-3-5-13(6-4-11)24-16(14-2-1-7-25-14)22-23-17(24)26-15-10-20-12(8-19)9-21-15/h1-7,9-10H. The Balaban J connectivity index is 1.79. The first-order valence-corrected chi connectivity index (χ1v) is 8.59. The average Bonchev–Trinajstić information content (AvgIpc) is 3.33. The van der Waals surface area contributed by atoms with E-state index in [4.69, 9.17) is 21.3 Å². The van der Waals surface area contributed by atoms with Crippen LogP contribution in [0.5, 0.6) is 0 Å². The first-order valence-electron chi connectivity index (χ1n) is 7.40. The van der Waals surface area contributed by atoms with Crippen molar-refractivity contribution >= 4 is 23.4 Å². The molecule has 0 bridgehead atoms. The summed E-state index contributed by atoms with van der Waals surface area (Å²) in [6.07, 6.45) is 4.52. The van der Waals surface area contributed by atoms with Crippen LogP contribution in [0.15, 0.2) is 69.7 Å². The largest absolute Gasteiger partial charge is 0.461 e. The third kappa shape index (κ3) is 3.18. The second-order valence-electron chi connectivity index (χ2n) is 5.05. The summed E-state index contributed by atoms with van der Waals surface area (Å²) in [6.45, 7) is 0. The monoisotopic (exact) mass is 380 g/mol. The quantitative estimate of drug-likeness (QED) is 0.528. The molecule has 126 valence electrons. The van der Waals surface area contributed by atoms with Crippen LogP contribution in [0.3, 0.4) is 0 Å². The Kier molecular flexibility index (Phi) is 4.39. The lowest BCUT2D eigenvalue weighted by Gasteiger charge is -2.09. The molecule has 3 aromatic heterocycles. The number of hydrogen-bond acceptors (Lipinski definition) is 7. The minimum atomic E-state index is 0.254. The minimum Gasteiger partial charge on any atom is -0.461 e. The Morgan fingerprint density at radius 3 is 2.58 bits per heavy atom. The Morgan fingerprint density at radius 2 is 1.92 bits per heavy atom. The Labute approximate surface area is 157 Å². The SMILES string of the molecule is N#Cc1cnc(Sc2nnc(-c3ccco3)n2-c2ccc(Cl)cc2)cn1. The van der Waals surface area contributed by atoms with E-state index in [0.29, 0.717) is 26.8 Å². The van der Waals surface area contributed by atoms with E-state index in [0.717, 1.165) is 5.69 Å². The molecule has 26 heavy (non-hydrogen) atoms. The van der Waals surface area contributed by atoms with Crippen LogP contribution in [0.1, 0.15) is 5.69 Å². The highest BCUT2D eigenvalue weighted by molar-refractivity contribution is 7.99. The molecule has 0 N–H and O–H groups in total. The van der Waals surface area contributed by atoms with E-state index in [1.807, 2.05) is 28.8 Å². The topological polar surface area (TPSA) is 93.4 Å². The Hall–Kier alpha value is -3.15. The summed E-state index contributed by atoms with van der Waals surface area (Å²) in [7, 11) is 0. The molecule has 4 aromatic rings. The van der Waals surface area contributed by atoms with Gasteiger partial charge in [0.05, 0.1) is 18.7 Å². The number of benzene rings is 1. The summed E-state index contributed by atoms with van der Waals surface area (Å²) in [4.78, 5) is 8.24. The first kappa shape index (κ1) is 16.3. The van der Waals surface area contributed by atoms with Crippen molar-refractivity contribution in [3.63, 3.8) is 0 Å². The zero-order valence-corrected chi connectivity index (χ0v) is 14.6. The zero-order valence-electron chi connectivity index (χ0n) is 13.1. The fourth-order valence-electron chi connectivity index (χ4n) is 2.24. The lowest BCUT2D eigenvalue weighted by molar-refractivity contribution is 0.575. The molecule has 0 atom stereocenters.